The van der Waals surface area contributed by atoms with E-state index in [4.69, 9.17) is 5.11 Å². The number of thioether (sulfide) groups is 1. The van der Waals surface area contributed by atoms with Gasteiger partial charge >= 0.3 is 5.97 Å². The van der Waals surface area contributed by atoms with Gasteiger partial charge in [0.15, 0.2) is 0 Å². The highest BCUT2D eigenvalue weighted by molar-refractivity contribution is 8.13. The number of nitrogens with zero attached hydrogens (tertiary/aromatic N) is 1. The molecule has 19 heavy (non-hydrogen) atoms. The highest BCUT2D eigenvalue weighted by Gasteiger charge is 2.23. The number of rotatable bonds is 8. The SMILES string of the molecule is CCCCC(NC(=O)CCN1CCSC1=O)C(=O)O. The molecule has 0 spiro atoms. The van der Waals surface area contributed by atoms with Crippen molar-refractivity contribution in [3.63, 3.8) is 0 Å². The predicted octanol–water partition coefficient (Wildman–Crippen LogP) is 1.30. The van der Waals surface area contributed by atoms with Gasteiger partial charge in [-0.2, -0.15) is 0 Å². The number of unbranched alkanes of at least 4 members (excludes halogenated alkanes) is 1. The summed E-state index contributed by atoms with van der Waals surface area (Å²) in [4.78, 5) is 35.6. The molecule has 0 radical (unpaired) electrons. The number of amides is 2. The Morgan fingerprint density at radius 3 is 2.79 bits per heavy atom. The topological polar surface area (TPSA) is 86.7 Å². The first-order valence-corrected chi connectivity index (χ1v) is 7.47. The van der Waals surface area contributed by atoms with Crippen LogP contribution in [-0.2, 0) is 9.59 Å². The van der Waals surface area contributed by atoms with Crippen molar-refractivity contribution in [1.82, 2.24) is 10.2 Å². The summed E-state index contributed by atoms with van der Waals surface area (Å²) in [6.45, 7) is 2.99. The van der Waals surface area contributed by atoms with E-state index in [2.05, 4.69) is 5.32 Å². The summed E-state index contributed by atoms with van der Waals surface area (Å²) < 4.78 is 0. The van der Waals surface area contributed by atoms with E-state index in [0.29, 0.717) is 19.5 Å². The van der Waals surface area contributed by atoms with E-state index in [1.807, 2.05) is 6.92 Å². The summed E-state index contributed by atoms with van der Waals surface area (Å²) in [5, 5.41) is 11.5. The van der Waals surface area contributed by atoms with Gasteiger partial charge in [0.05, 0.1) is 0 Å². The summed E-state index contributed by atoms with van der Waals surface area (Å²) in [6, 6.07) is -0.823. The lowest BCUT2D eigenvalue weighted by atomic mass is 10.1. The molecule has 1 unspecified atom stereocenters. The van der Waals surface area contributed by atoms with E-state index in [1.54, 1.807) is 4.90 Å². The number of nitrogens with one attached hydrogen (secondary N) is 1. The van der Waals surface area contributed by atoms with Crippen LogP contribution in [0.5, 0.6) is 0 Å². The largest absolute Gasteiger partial charge is 0.480 e. The monoisotopic (exact) mass is 288 g/mol. The van der Waals surface area contributed by atoms with E-state index in [0.717, 1.165) is 18.6 Å². The standard InChI is InChI=1S/C12H20N2O4S/c1-2-3-4-9(11(16)17)13-10(15)5-6-14-7-8-19-12(14)18/h9H,2-8H2,1H3,(H,13,15)(H,16,17). The zero-order valence-electron chi connectivity index (χ0n) is 11.1. The maximum absolute atomic E-state index is 11.7. The molecule has 0 saturated carbocycles. The number of carbonyl (C=O) groups excluding carboxylic acids is 2. The first-order valence-electron chi connectivity index (χ1n) is 6.48. The minimum Gasteiger partial charge on any atom is -0.480 e. The van der Waals surface area contributed by atoms with Crippen molar-refractivity contribution in [2.75, 3.05) is 18.8 Å². The van der Waals surface area contributed by atoms with Gasteiger partial charge in [-0.1, -0.05) is 31.5 Å². The summed E-state index contributed by atoms with van der Waals surface area (Å²) >= 11 is 1.25. The number of carboxylic acids is 1. The van der Waals surface area contributed by atoms with Gasteiger partial charge in [0, 0.05) is 25.3 Å². The van der Waals surface area contributed by atoms with Gasteiger partial charge in [0.2, 0.25) is 5.91 Å². The molecule has 2 N–H and O–H groups in total. The van der Waals surface area contributed by atoms with Crippen molar-refractivity contribution in [2.24, 2.45) is 0 Å². The lowest BCUT2D eigenvalue weighted by Crippen LogP contribution is -2.42. The third-order valence-electron chi connectivity index (χ3n) is 2.93. The van der Waals surface area contributed by atoms with Crippen LogP contribution >= 0.6 is 11.8 Å². The van der Waals surface area contributed by atoms with Gasteiger partial charge < -0.3 is 15.3 Å². The smallest absolute Gasteiger partial charge is 0.326 e. The Bertz CT molecular complexity index is 349. The van der Waals surface area contributed by atoms with Crippen LogP contribution in [0.4, 0.5) is 4.79 Å². The molecule has 2 amide bonds. The second-order valence-electron chi connectivity index (χ2n) is 4.45. The summed E-state index contributed by atoms with van der Waals surface area (Å²) in [7, 11) is 0. The Morgan fingerprint density at radius 2 is 2.26 bits per heavy atom. The van der Waals surface area contributed by atoms with Crippen LogP contribution in [0.3, 0.4) is 0 Å². The Balaban J connectivity index is 2.31. The molecule has 0 aromatic heterocycles. The highest BCUT2D eigenvalue weighted by atomic mass is 32.2. The van der Waals surface area contributed by atoms with Crippen LogP contribution in [0, 0.1) is 0 Å². The van der Waals surface area contributed by atoms with Crippen LogP contribution in [-0.4, -0.2) is 52.0 Å². The van der Waals surface area contributed by atoms with Crippen LogP contribution < -0.4 is 5.32 Å². The van der Waals surface area contributed by atoms with E-state index < -0.39 is 12.0 Å². The molecule has 7 heteroatoms. The van der Waals surface area contributed by atoms with Crippen molar-refractivity contribution in [3.05, 3.63) is 0 Å². The van der Waals surface area contributed by atoms with Crippen molar-refractivity contribution in [2.45, 2.75) is 38.6 Å². The van der Waals surface area contributed by atoms with Gasteiger partial charge in [-0.25, -0.2) is 4.79 Å². The molecule has 0 aromatic carbocycles. The first-order chi connectivity index (χ1) is 9.04. The molecule has 1 aliphatic heterocycles. The highest BCUT2D eigenvalue weighted by Crippen LogP contribution is 2.17. The molecule has 0 bridgehead atoms. The Kier molecular flexibility index (Phi) is 6.69. The maximum Gasteiger partial charge on any atom is 0.326 e. The molecule has 6 nitrogen and oxygen atoms in total. The van der Waals surface area contributed by atoms with Crippen molar-refractivity contribution < 1.29 is 19.5 Å². The molecular formula is C12H20N2O4S. The van der Waals surface area contributed by atoms with Gasteiger partial charge in [0.25, 0.3) is 5.24 Å². The van der Waals surface area contributed by atoms with E-state index in [1.165, 1.54) is 11.8 Å². The normalized spacial score (nSPS) is 16.5. The van der Waals surface area contributed by atoms with Gasteiger partial charge in [-0.3, -0.25) is 9.59 Å². The van der Waals surface area contributed by atoms with Crippen LogP contribution in [0.15, 0.2) is 0 Å². The molecule has 0 aromatic rings. The fourth-order valence-corrected chi connectivity index (χ4v) is 2.65. The number of carboxylic acid groups (broad SMARTS) is 1. The molecule has 1 aliphatic rings. The van der Waals surface area contributed by atoms with Crippen molar-refractivity contribution >= 4 is 28.9 Å². The average molecular weight is 288 g/mol. The Morgan fingerprint density at radius 1 is 1.53 bits per heavy atom. The molecule has 108 valence electrons. The zero-order valence-corrected chi connectivity index (χ0v) is 11.9. The molecule has 1 saturated heterocycles. The molecule has 1 heterocycles. The third kappa shape index (κ3) is 5.50. The van der Waals surface area contributed by atoms with Gasteiger partial charge in [-0.05, 0) is 6.42 Å². The lowest BCUT2D eigenvalue weighted by Gasteiger charge is -2.17. The van der Waals surface area contributed by atoms with Crippen LogP contribution in [0.2, 0.25) is 0 Å². The van der Waals surface area contributed by atoms with E-state index >= 15 is 0 Å². The second-order valence-corrected chi connectivity index (χ2v) is 5.50. The third-order valence-corrected chi connectivity index (χ3v) is 3.83. The number of aliphatic carboxylic acids is 1. The fourth-order valence-electron chi connectivity index (χ4n) is 1.80. The zero-order chi connectivity index (χ0) is 14.3. The summed E-state index contributed by atoms with van der Waals surface area (Å²) in [5.41, 5.74) is 0. The van der Waals surface area contributed by atoms with E-state index in [9.17, 15) is 14.4 Å². The average Bonchev–Trinajstić information content (AvgIpc) is 2.77. The van der Waals surface area contributed by atoms with Crippen LogP contribution in [0.25, 0.3) is 0 Å². The van der Waals surface area contributed by atoms with E-state index in [-0.39, 0.29) is 17.6 Å². The number of carbonyl (C=O) groups is 3. The quantitative estimate of drug-likeness (QED) is 0.703. The van der Waals surface area contributed by atoms with Gasteiger partial charge in [-0.15, -0.1) is 0 Å². The van der Waals surface area contributed by atoms with Crippen molar-refractivity contribution in [1.29, 1.82) is 0 Å². The Labute approximate surface area is 116 Å². The molecule has 1 fully saturated rings. The molecule has 1 atom stereocenters. The molecule has 1 rings (SSSR count). The Hall–Kier alpha value is -1.24. The number of hydrogen-bond acceptors (Lipinski definition) is 4. The fraction of sp³-hybridized carbons (Fsp3) is 0.750. The molecule has 0 aliphatic carbocycles. The van der Waals surface area contributed by atoms with Crippen molar-refractivity contribution in [3.8, 4) is 0 Å². The second kappa shape index (κ2) is 8.04. The summed E-state index contributed by atoms with van der Waals surface area (Å²) in [6.07, 6.45) is 2.25. The maximum atomic E-state index is 11.7. The van der Waals surface area contributed by atoms with Gasteiger partial charge in [0.1, 0.15) is 6.04 Å². The molecular weight excluding hydrogens is 268 g/mol. The lowest BCUT2D eigenvalue weighted by molar-refractivity contribution is -0.142. The summed E-state index contributed by atoms with van der Waals surface area (Å²) in [5.74, 6) is -0.558. The predicted molar refractivity (Wildman–Crippen MR) is 73.1 cm³/mol. The minimum atomic E-state index is -1.00. The first kappa shape index (κ1) is 15.8. The number of hydrogen-bond donors (Lipinski definition) is 2. The van der Waals surface area contributed by atoms with Crippen LogP contribution in [0.1, 0.15) is 32.6 Å². The minimum absolute atomic E-state index is 0.00596.